The molecule has 0 spiro atoms. The lowest BCUT2D eigenvalue weighted by atomic mass is 10.0. The van der Waals surface area contributed by atoms with Gasteiger partial charge >= 0.3 is 5.69 Å². The molecule has 0 bridgehead atoms. The zero-order valence-corrected chi connectivity index (χ0v) is 19.1. The highest BCUT2D eigenvalue weighted by Crippen LogP contribution is 2.34. The normalized spacial score (nSPS) is 15.2. The second-order valence-corrected chi connectivity index (χ2v) is 10.0. The minimum Gasteiger partial charge on any atom is -0.342 e. The fourth-order valence-electron chi connectivity index (χ4n) is 4.29. The first-order valence-electron chi connectivity index (χ1n) is 10.3. The summed E-state index contributed by atoms with van der Waals surface area (Å²) in [5.41, 5.74) is 2.91. The van der Waals surface area contributed by atoms with E-state index in [1.54, 1.807) is 17.7 Å². The molecule has 1 aromatic carbocycles. The predicted octanol–water partition coefficient (Wildman–Crippen LogP) is 3.91. The second kappa shape index (κ2) is 8.12. The third kappa shape index (κ3) is 3.65. The number of thiophene rings is 1. The maximum absolute atomic E-state index is 12.9. The molecule has 1 fully saturated rings. The molecule has 4 heterocycles. The Morgan fingerprint density at radius 3 is 2.81 bits per heavy atom. The number of thioether (sulfide) groups is 1. The number of hydrogen-bond donors (Lipinski definition) is 1. The van der Waals surface area contributed by atoms with Gasteiger partial charge in [-0.3, -0.25) is 9.36 Å². The molecule has 1 saturated heterocycles. The maximum Gasteiger partial charge on any atom is 0.326 e. The predicted molar refractivity (Wildman–Crippen MR) is 125 cm³/mol. The fourth-order valence-corrected chi connectivity index (χ4v) is 6.31. The summed E-state index contributed by atoms with van der Waals surface area (Å²) in [6.07, 6.45) is 3.13. The number of aromatic amines is 1. The zero-order chi connectivity index (χ0) is 21.5. The smallest absolute Gasteiger partial charge is 0.326 e. The van der Waals surface area contributed by atoms with E-state index in [0.717, 1.165) is 39.1 Å². The number of likely N-dealkylation sites (tertiary alicyclic amines) is 1. The highest BCUT2D eigenvalue weighted by molar-refractivity contribution is 8.00. The first-order chi connectivity index (χ1) is 15.0. The molecule has 0 aliphatic carbocycles. The molecule has 1 aliphatic rings. The monoisotopic (exact) mass is 453 g/mol. The van der Waals surface area contributed by atoms with Crippen LogP contribution in [0.1, 0.15) is 29.3 Å². The van der Waals surface area contributed by atoms with Gasteiger partial charge in [-0.1, -0.05) is 23.9 Å². The number of nitrogens with one attached hydrogen (secondary N) is 1. The van der Waals surface area contributed by atoms with Crippen molar-refractivity contribution in [3.05, 3.63) is 51.5 Å². The van der Waals surface area contributed by atoms with E-state index in [0.29, 0.717) is 18.8 Å². The zero-order valence-electron chi connectivity index (χ0n) is 17.4. The van der Waals surface area contributed by atoms with E-state index >= 15 is 0 Å². The molecule has 9 heteroatoms. The van der Waals surface area contributed by atoms with Crippen LogP contribution >= 0.6 is 23.1 Å². The Bertz CT molecular complexity index is 1330. The number of para-hydroxylation sites is 2. The lowest BCUT2D eigenvalue weighted by molar-refractivity contribution is -0.129. The molecule has 1 aliphatic heterocycles. The van der Waals surface area contributed by atoms with Crippen LogP contribution in [0.25, 0.3) is 21.3 Å². The third-order valence-electron chi connectivity index (χ3n) is 6.07. The number of piperidine rings is 1. The average molecular weight is 454 g/mol. The lowest BCUT2D eigenvalue weighted by Gasteiger charge is -2.32. The Morgan fingerprint density at radius 1 is 1.23 bits per heavy atom. The number of carbonyl (C=O) groups excluding carboxylic acids is 1. The van der Waals surface area contributed by atoms with Gasteiger partial charge in [0.05, 0.1) is 16.8 Å². The number of aromatic nitrogens is 4. The van der Waals surface area contributed by atoms with Crippen molar-refractivity contribution in [1.82, 2.24) is 24.4 Å². The summed E-state index contributed by atoms with van der Waals surface area (Å²) < 4.78 is 1.85. The molecule has 5 rings (SSSR count). The molecule has 0 radical (unpaired) electrons. The van der Waals surface area contributed by atoms with Gasteiger partial charge < -0.3 is 9.88 Å². The fraction of sp³-hybridized carbons (Fsp3) is 0.364. The average Bonchev–Trinajstić information content (AvgIpc) is 3.27. The van der Waals surface area contributed by atoms with Crippen LogP contribution < -0.4 is 5.69 Å². The summed E-state index contributed by atoms with van der Waals surface area (Å²) in [7, 11) is 0. The summed E-state index contributed by atoms with van der Waals surface area (Å²) >= 11 is 3.15. The highest BCUT2D eigenvalue weighted by atomic mass is 32.2. The largest absolute Gasteiger partial charge is 0.342 e. The van der Waals surface area contributed by atoms with Crippen molar-refractivity contribution < 1.29 is 4.79 Å². The number of benzene rings is 1. The standard InChI is InChI=1S/C22H23N5O2S2/c1-13-14(2)31-21-19(13)20(23-12-24-21)30-11-18(28)26-9-7-15(8-10-26)27-17-6-4-3-5-16(17)25-22(27)29/h3-6,12,15H,7-11H2,1-2H3,(H,25,29). The highest BCUT2D eigenvalue weighted by Gasteiger charge is 2.26. The summed E-state index contributed by atoms with van der Waals surface area (Å²) in [4.78, 5) is 41.2. The lowest BCUT2D eigenvalue weighted by Crippen LogP contribution is -2.41. The van der Waals surface area contributed by atoms with Crippen LogP contribution in [0.15, 0.2) is 40.4 Å². The number of amides is 1. The Balaban J connectivity index is 1.25. The summed E-state index contributed by atoms with van der Waals surface area (Å²) in [6.45, 7) is 5.49. The van der Waals surface area contributed by atoms with Gasteiger partial charge in [-0.15, -0.1) is 11.3 Å². The number of hydrogen-bond acceptors (Lipinski definition) is 6. The molecule has 31 heavy (non-hydrogen) atoms. The second-order valence-electron chi connectivity index (χ2n) is 7.86. The van der Waals surface area contributed by atoms with Gasteiger partial charge in [0.15, 0.2) is 0 Å². The van der Waals surface area contributed by atoms with E-state index in [1.807, 2.05) is 33.7 Å². The Labute approximate surface area is 187 Å². The molecule has 7 nitrogen and oxygen atoms in total. The van der Waals surface area contributed by atoms with Crippen molar-refractivity contribution in [2.75, 3.05) is 18.8 Å². The molecule has 0 atom stereocenters. The quantitative estimate of drug-likeness (QED) is 0.374. The van der Waals surface area contributed by atoms with Gasteiger partial charge in [0.25, 0.3) is 0 Å². The minimum atomic E-state index is -0.0734. The molecule has 1 amide bonds. The van der Waals surface area contributed by atoms with Gasteiger partial charge in [0.2, 0.25) is 5.91 Å². The van der Waals surface area contributed by atoms with Gasteiger partial charge in [0.1, 0.15) is 16.2 Å². The van der Waals surface area contributed by atoms with Crippen LogP contribution in [0.5, 0.6) is 0 Å². The first kappa shape index (κ1) is 20.3. The molecule has 160 valence electrons. The maximum atomic E-state index is 12.9. The van der Waals surface area contributed by atoms with Crippen LogP contribution in [0.2, 0.25) is 0 Å². The van der Waals surface area contributed by atoms with Crippen LogP contribution in [0, 0.1) is 13.8 Å². The molecule has 4 aromatic rings. The van der Waals surface area contributed by atoms with Gasteiger partial charge in [-0.25, -0.2) is 14.8 Å². The molecule has 1 N–H and O–H groups in total. The van der Waals surface area contributed by atoms with Crippen molar-refractivity contribution in [2.45, 2.75) is 37.8 Å². The SMILES string of the molecule is Cc1sc2ncnc(SCC(=O)N3CCC(n4c(=O)[nH]c5ccccc54)CC3)c2c1C. The van der Waals surface area contributed by atoms with E-state index in [-0.39, 0.29) is 17.6 Å². The van der Waals surface area contributed by atoms with E-state index in [1.165, 1.54) is 22.2 Å². The third-order valence-corrected chi connectivity index (χ3v) is 8.16. The van der Waals surface area contributed by atoms with Crippen molar-refractivity contribution in [2.24, 2.45) is 0 Å². The van der Waals surface area contributed by atoms with Crippen molar-refractivity contribution >= 4 is 50.3 Å². The number of rotatable bonds is 4. The van der Waals surface area contributed by atoms with Crippen molar-refractivity contribution in [1.29, 1.82) is 0 Å². The first-order valence-corrected chi connectivity index (χ1v) is 12.1. The summed E-state index contributed by atoms with van der Waals surface area (Å²) in [5, 5.41) is 1.95. The van der Waals surface area contributed by atoms with Crippen molar-refractivity contribution in [3.63, 3.8) is 0 Å². The Hall–Kier alpha value is -2.65. The van der Waals surface area contributed by atoms with Crippen LogP contribution in [-0.4, -0.2) is 49.2 Å². The van der Waals surface area contributed by atoms with Crippen LogP contribution in [-0.2, 0) is 4.79 Å². The summed E-state index contributed by atoms with van der Waals surface area (Å²) in [5.74, 6) is 0.476. The van der Waals surface area contributed by atoms with Gasteiger partial charge in [0, 0.05) is 29.4 Å². The number of nitrogens with zero attached hydrogens (tertiary/aromatic N) is 4. The van der Waals surface area contributed by atoms with E-state index in [4.69, 9.17) is 0 Å². The molecular weight excluding hydrogens is 430 g/mol. The topological polar surface area (TPSA) is 83.9 Å². The number of fused-ring (bicyclic) bond motifs is 2. The molecule has 0 saturated carbocycles. The number of carbonyl (C=O) groups is 1. The van der Waals surface area contributed by atoms with Crippen LogP contribution in [0.4, 0.5) is 0 Å². The number of aryl methyl sites for hydroxylation is 2. The van der Waals surface area contributed by atoms with E-state index in [9.17, 15) is 9.59 Å². The van der Waals surface area contributed by atoms with Crippen LogP contribution in [0.3, 0.4) is 0 Å². The number of H-pyrrole nitrogens is 1. The van der Waals surface area contributed by atoms with E-state index < -0.39 is 0 Å². The van der Waals surface area contributed by atoms with E-state index in [2.05, 4.69) is 28.8 Å². The van der Waals surface area contributed by atoms with Gasteiger partial charge in [-0.2, -0.15) is 0 Å². The molecule has 0 unspecified atom stereocenters. The molecule has 3 aromatic heterocycles. The summed E-state index contributed by atoms with van der Waals surface area (Å²) in [6, 6.07) is 7.87. The van der Waals surface area contributed by atoms with Gasteiger partial charge in [-0.05, 0) is 44.4 Å². The molecular formula is C22H23N5O2S2. The number of imidazole rings is 1. The Kier molecular flexibility index (Phi) is 5.31. The Morgan fingerprint density at radius 2 is 2.00 bits per heavy atom. The van der Waals surface area contributed by atoms with Crippen molar-refractivity contribution in [3.8, 4) is 0 Å². The minimum absolute atomic E-state index is 0.0734.